The van der Waals surface area contributed by atoms with Gasteiger partial charge in [-0.05, 0) is 30.9 Å². The summed E-state index contributed by atoms with van der Waals surface area (Å²) in [7, 11) is 0. The first-order valence-corrected chi connectivity index (χ1v) is 7.52. The monoisotopic (exact) mass is 330 g/mol. The van der Waals surface area contributed by atoms with Crippen LogP contribution in [0.3, 0.4) is 0 Å². The van der Waals surface area contributed by atoms with E-state index >= 15 is 0 Å². The van der Waals surface area contributed by atoms with Crippen molar-refractivity contribution in [3.63, 3.8) is 0 Å². The number of Topliss-reactive ketones (excluding diaryl/α,β-unsaturated/α-hetero) is 1. The maximum atomic E-state index is 13.9. The van der Waals surface area contributed by atoms with Gasteiger partial charge >= 0.3 is 0 Å². The molecule has 1 aromatic carbocycles. The fourth-order valence-electron chi connectivity index (χ4n) is 3.00. The third-order valence-electron chi connectivity index (χ3n) is 4.02. The molecule has 1 nitrogen and oxygen atoms in total. The Morgan fingerprint density at radius 1 is 1.26 bits per heavy atom. The zero-order chi connectivity index (χ0) is 14.0. The molecular formula is C15H17BrF2O. The van der Waals surface area contributed by atoms with Gasteiger partial charge in [-0.25, -0.2) is 8.78 Å². The summed E-state index contributed by atoms with van der Waals surface area (Å²) in [4.78, 5) is 12.4. The molecule has 1 saturated carbocycles. The third-order valence-corrected chi connectivity index (χ3v) is 4.48. The number of benzene rings is 1. The zero-order valence-electron chi connectivity index (χ0n) is 10.9. The zero-order valence-corrected chi connectivity index (χ0v) is 12.5. The lowest BCUT2D eigenvalue weighted by Gasteiger charge is -2.29. The predicted molar refractivity (Wildman–Crippen MR) is 74.1 cm³/mol. The molecule has 19 heavy (non-hydrogen) atoms. The van der Waals surface area contributed by atoms with E-state index < -0.39 is 11.6 Å². The normalized spacial score (nSPS) is 23.4. The maximum Gasteiger partial charge on any atom is 0.172 e. The molecule has 2 rings (SSSR count). The number of rotatable bonds is 3. The van der Waals surface area contributed by atoms with Crippen molar-refractivity contribution >= 4 is 21.7 Å². The molecule has 0 saturated heterocycles. The Bertz CT molecular complexity index is 464. The summed E-state index contributed by atoms with van der Waals surface area (Å²) < 4.78 is 28.0. The van der Waals surface area contributed by atoms with Crippen LogP contribution in [0.2, 0.25) is 0 Å². The van der Waals surface area contributed by atoms with Gasteiger partial charge in [0.15, 0.2) is 5.78 Å². The summed E-state index contributed by atoms with van der Waals surface area (Å²) in [5.41, 5.74) is -0.367. The third kappa shape index (κ3) is 3.04. The Morgan fingerprint density at radius 2 is 1.84 bits per heavy atom. The quantitative estimate of drug-likeness (QED) is 0.702. The van der Waals surface area contributed by atoms with Crippen LogP contribution >= 0.6 is 15.9 Å². The molecular weight excluding hydrogens is 314 g/mol. The lowest BCUT2D eigenvalue weighted by atomic mass is 9.74. The van der Waals surface area contributed by atoms with Crippen LogP contribution in [0.4, 0.5) is 8.78 Å². The SMILES string of the molecule is CCC1CCCCC1C(=O)c1c(F)cc(Br)cc1F. The van der Waals surface area contributed by atoms with Crippen molar-refractivity contribution in [1.29, 1.82) is 0 Å². The van der Waals surface area contributed by atoms with E-state index in [-0.39, 0.29) is 23.2 Å². The van der Waals surface area contributed by atoms with Gasteiger partial charge in [0.1, 0.15) is 11.6 Å². The molecule has 0 spiro atoms. The first-order valence-electron chi connectivity index (χ1n) is 6.73. The van der Waals surface area contributed by atoms with E-state index in [1.54, 1.807) is 0 Å². The van der Waals surface area contributed by atoms with Crippen LogP contribution in [-0.4, -0.2) is 5.78 Å². The van der Waals surface area contributed by atoms with Crippen LogP contribution in [0, 0.1) is 23.5 Å². The fourth-order valence-corrected chi connectivity index (χ4v) is 3.41. The number of hydrogen-bond acceptors (Lipinski definition) is 1. The van der Waals surface area contributed by atoms with Crippen molar-refractivity contribution in [1.82, 2.24) is 0 Å². The lowest BCUT2D eigenvalue weighted by molar-refractivity contribution is 0.0811. The molecule has 0 heterocycles. The summed E-state index contributed by atoms with van der Waals surface area (Å²) in [6.45, 7) is 2.03. The van der Waals surface area contributed by atoms with E-state index in [4.69, 9.17) is 0 Å². The Hall–Kier alpha value is -0.770. The number of carbonyl (C=O) groups is 1. The van der Waals surface area contributed by atoms with Crippen LogP contribution in [0.5, 0.6) is 0 Å². The van der Waals surface area contributed by atoms with E-state index in [2.05, 4.69) is 15.9 Å². The van der Waals surface area contributed by atoms with E-state index in [9.17, 15) is 13.6 Å². The first kappa shape index (κ1) is 14.6. The Balaban J connectivity index is 2.33. The minimum absolute atomic E-state index is 0.232. The highest BCUT2D eigenvalue weighted by molar-refractivity contribution is 9.10. The minimum atomic E-state index is -0.766. The van der Waals surface area contributed by atoms with Crippen LogP contribution in [0.25, 0.3) is 0 Å². The molecule has 104 valence electrons. The highest BCUT2D eigenvalue weighted by atomic mass is 79.9. The van der Waals surface area contributed by atoms with Crippen LogP contribution in [0.15, 0.2) is 16.6 Å². The lowest BCUT2D eigenvalue weighted by Crippen LogP contribution is -2.28. The van der Waals surface area contributed by atoms with E-state index in [1.165, 1.54) is 0 Å². The highest BCUT2D eigenvalue weighted by Crippen LogP contribution is 2.35. The molecule has 0 amide bonds. The molecule has 1 aliphatic carbocycles. The van der Waals surface area contributed by atoms with E-state index in [0.717, 1.165) is 44.2 Å². The van der Waals surface area contributed by atoms with Crippen molar-refractivity contribution in [3.8, 4) is 0 Å². The summed E-state index contributed by atoms with van der Waals surface area (Å²) in [5.74, 6) is -1.88. The van der Waals surface area contributed by atoms with Gasteiger partial charge in [-0.15, -0.1) is 0 Å². The molecule has 1 fully saturated rings. The Morgan fingerprint density at radius 3 is 2.42 bits per heavy atom. The predicted octanol–water partition coefficient (Wildman–Crippen LogP) is 5.13. The highest BCUT2D eigenvalue weighted by Gasteiger charge is 2.33. The average molecular weight is 331 g/mol. The molecule has 2 unspecified atom stereocenters. The maximum absolute atomic E-state index is 13.9. The second-order valence-electron chi connectivity index (χ2n) is 5.17. The van der Waals surface area contributed by atoms with Crippen LogP contribution in [-0.2, 0) is 0 Å². The fraction of sp³-hybridized carbons (Fsp3) is 0.533. The van der Waals surface area contributed by atoms with Crippen LogP contribution in [0.1, 0.15) is 49.4 Å². The molecule has 0 aliphatic heterocycles. The van der Waals surface area contributed by atoms with Gasteiger partial charge in [0.05, 0.1) is 5.56 Å². The second kappa shape index (κ2) is 6.12. The first-order chi connectivity index (χ1) is 9.04. The average Bonchev–Trinajstić information content (AvgIpc) is 2.37. The van der Waals surface area contributed by atoms with Gasteiger partial charge in [-0.1, -0.05) is 42.1 Å². The van der Waals surface area contributed by atoms with Gasteiger partial charge in [-0.2, -0.15) is 0 Å². The largest absolute Gasteiger partial charge is 0.294 e. The molecule has 0 bridgehead atoms. The minimum Gasteiger partial charge on any atom is -0.294 e. The molecule has 1 aromatic rings. The standard InChI is InChI=1S/C15H17BrF2O/c1-2-9-5-3-4-6-11(9)15(19)14-12(17)7-10(16)8-13(14)18/h7-9,11H,2-6H2,1H3. The van der Waals surface area contributed by atoms with Gasteiger partial charge in [0.2, 0.25) is 0 Å². The van der Waals surface area contributed by atoms with E-state index in [0.29, 0.717) is 4.47 Å². The molecule has 1 aliphatic rings. The smallest absolute Gasteiger partial charge is 0.172 e. The summed E-state index contributed by atoms with van der Waals surface area (Å²) in [5, 5.41) is 0. The van der Waals surface area contributed by atoms with Crippen molar-refractivity contribution in [2.45, 2.75) is 39.0 Å². The summed E-state index contributed by atoms with van der Waals surface area (Å²) >= 11 is 3.03. The number of hydrogen-bond donors (Lipinski definition) is 0. The molecule has 0 radical (unpaired) electrons. The van der Waals surface area contributed by atoms with Gasteiger partial charge in [0, 0.05) is 10.4 Å². The second-order valence-corrected chi connectivity index (χ2v) is 6.08. The van der Waals surface area contributed by atoms with Gasteiger partial charge < -0.3 is 0 Å². The summed E-state index contributed by atoms with van der Waals surface area (Å²) in [6.07, 6.45) is 4.68. The summed E-state index contributed by atoms with van der Waals surface area (Å²) in [6, 6.07) is 2.31. The number of carbonyl (C=O) groups excluding carboxylic acids is 1. The molecule has 4 heteroatoms. The molecule has 2 atom stereocenters. The molecule has 0 N–H and O–H groups in total. The van der Waals surface area contributed by atoms with Crippen molar-refractivity contribution in [2.75, 3.05) is 0 Å². The van der Waals surface area contributed by atoms with E-state index in [1.807, 2.05) is 6.92 Å². The Kier molecular flexibility index (Phi) is 4.71. The number of halogens is 3. The van der Waals surface area contributed by atoms with Gasteiger partial charge in [0.25, 0.3) is 0 Å². The topological polar surface area (TPSA) is 17.1 Å². The van der Waals surface area contributed by atoms with Crippen LogP contribution < -0.4 is 0 Å². The molecule has 0 aromatic heterocycles. The van der Waals surface area contributed by atoms with Crippen molar-refractivity contribution in [2.24, 2.45) is 11.8 Å². The Labute approximate surface area is 120 Å². The number of ketones is 1. The van der Waals surface area contributed by atoms with Crippen molar-refractivity contribution < 1.29 is 13.6 Å². The van der Waals surface area contributed by atoms with Crippen molar-refractivity contribution in [3.05, 3.63) is 33.8 Å². The van der Waals surface area contributed by atoms with Gasteiger partial charge in [-0.3, -0.25) is 4.79 Å².